The molecule has 0 radical (unpaired) electrons. The first-order valence-electron chi connectivity index (χ1n) is 18.7. The molecule has 0 bridgehead atoms. The molecule has 8 rings (SSSR count). The molecular formula is C45H45N3O2PtS. The van der Waals surface area contributed by atoms with Gasteiger partial charge in [-0.2, -0.15) is 5.56 Å². The molecule has 3 heterocycles. The molecule has 0 unspecified atom stereocenters. The van der Waals surface area contributed by atoms with E-state index >= 15 is 0 Å². The predicted molar refractivity (Wildman–Crippen MR) is 208 cm³/mol. The number of aliphatic imine (C=N–C) groups is 1. The first kappa shape index (κ1) is 33.9. The van der Waals surface area contributed by atoms with Crippen LogP contribution in [0.15, 0.2) is 87.7 Å². The molecule has 2 aliphatic heterocycles. The molecule has 5 aromatic rings. The Bertz CT molecular complexity index is 2370. The number of rotatable bonds is 5. The van der Waals surface area contributed by atoms with E-state index in [9.17, 15) is 2.74 Å². The van der Waals surface area contributed by atoms with Gasteiger partial charge >= 0.3 is 21.1 Å². The van der Waals surface area contributed by atoms with Crippen LogP contribution in [0.4, 0.5) is 17.2 Å². The molecule has 4 aromatic carbocycles. The Hall–Kier alpha value is -3.86. The SMILES string of the molecule is [2H]C1([2H])c2c(ccc(C)c2C)[C@@]2(C)N=C(c3[c-]c(Oc4[c-]c(N5c6ccc(C(C)(C)C)cc6Sc6cccnc65)cc(C)c4)cc(C(C)C)c3)O[C@@]12C.[Pt+2]. The van der Waals surface area contributed by atoms with Gasteiger partial charge in [0.1, 0.15) is 22.9 Å². The van der Waals surface area contributed by atoms with Gasteiger partial charge in [-0.3, -0.25) is 4.99 Å². The van der Waals surface area contributed by atoms with E-state index in [2.05, 4.69) is 95.0 Å². The van der Waals surface area contributed by atoms with Gasteiger partial charge in [0.2, 0.25) is 0 Å². The van der Waals surface area contributed by atoms with Gasteiger partial charge in [-0.15, -0.1) is 29.8 Å². The smallest absolute Gasteiger partial charge is 0.511 e. The summed E-state index contributed by atoms with van der Waals surface area (Å²) in [6.07, 6.45) is 0.0604. The number of nitrogens with zero attached hydrogens (tertiary/aromatic N) is 3. The summed E-state index contributed by atoms with van der Waals surface area (Å²) in [5, 5.41) is 0. The summed E-state index contributed by atoms with van der Waals surface area (Å²) in [5.41, 5.74) is 7.22. The van der Waals surface area contributed by atoms with Gasteiger partial charge in [0, 0.05) is 31.7 Å². The quantitative estimate of drug-likeness (QED) is 0.161. The molecule has 1 aromatic heterocycles. The second kappa shape index (κ2) is 12.9. The van der Waals surface area contributed by atoms with Gasteiger partial charge in [-0.05, 0) is 91.1 Å². The van der Waals surface area contributed by atoms with Gasteiger partial charge in [0.05, 0.1) is 10.6 Å². The molecule has 1 aliphatic carbocycles. The van der Waals surface area contributed by atoms with Crippen molar-refractivity contribution in [3.05, 3.63) is 130 Å². The van der Waals surface area contributed by atoms with Crippen LogP contribution in [0.3, 0.4) is 0 Å². The van der Waals surface area contributed by atoms with Gasteiger partial charge in [-0.25, -0.2) is 4.98 Å². The van der Waals surface area contributed by atoms with Crippen LogP contribution in [0.1, 0.15) is 102 Å². The molecule has 3 aliphatic rings. The van der Waals surface area contributed by atoms with Crippen LogP contribution in [0.2, 0.25) is 0 Å². The predicted octanol–water partition coefficient (Wildman–Crippen LogP) is 11.8. The number of ether oxygens (including phenoxy) is 2. The fourth-order valence-corrected chi connectivity index (χ4v) is 8.27. The summed E-state index contributed by atoms with van der Waals surface area (Å²) < 4.78 is 32.1. The fraction of sp³-hybridized carbons (Fsp3) is 0.333. The summed E-state index contributed by atoms with van der Waals surface area (Å²) in [4.78, 5) is 14.4. The van der Waals surface area contributed by atoms with Gasteiger partial charge in [-0.1, -0.05) is 94.9 Å². The zero-order chi connectivity index (χ0) is 37.8. The van der Waals surface area contributed by atoms with Gasteiger partial charge in [0.25, 0.3) is 0 Å². The van der Waals surface area contributed by atoms with E-state index in [1.807, 2.05) is 64.2 Å². The minimum absolute atomic E-state index is 0. The number of aromatic nitrogens is 1. The average Bonchev–Trinajstić information content (AvgIpc) is 3.45. The number of hydrogen-bond acceptors (Lipinski definition) is 6. The topological polar surface area (TPSA) is 47.0 Å². The van der Waals surface area contributed by atoms with E-state index in [1.165, 1.54) is 10.5 Å². The summed E-state index contributed by atoms with van der Waals surface area (Å²) in [6.45, 7) is 20.9. The van der Waals surface area contributed by atoms with E-state index in [-0.39, 0.29) is 32.4 Å². The molecule has 0 N–H and O–H groups in total. The van der Waals surface area contributed by atoms with Gasteiger partial charge < -0.3 is 14.4 Å². The maximum Gasteiger partial charge on any atom is 2.00 e. The van der Waals surface area contributed by atoms with E-state index in [4.69, 9.17) is 19.5 Å². The standard InChI is InChI=1S/C45H45N3O2S.Pt/c1-26(2)30-20-31(42-47-45(10)37-15-13-28(4)29(5)36(37)25-44(45,9)50-42)22-35(21-30)49-34-19-27(3)18-33(24-34)48-38-16-14-32(43(6,7)8)23-40(38)51-39-12-11-17-46-41(39)48;/h11-21,23,26H,25H2,1-10H3;/q-2;+2/t44-,45+;/m0./s1/i25D2;. The fourth-order valence-electron chi connectivity index (χ4n) is 7.20. The first-order valence-corrected chi connectivity index (χ1v) is 18.5. The van der Waals surface area contributed by atoms with Crippen molar-refractivity contribution in [3.63, 3.8) is 0 Å². The molecule has 7 heteroatoms. The Kier molecular flexibility index (Phi) is 8.43. The van der Waals surface area contributed by atoms with Crippen molar-refractivity contribution < 1.29 is 33.3 Å². The molecule has 2 atom stereocenters. The van der Waals surface area contributed by atoms with Crippen LogP contribution in [0.5, 0.6) is 11.5 Å². The molecule has 52 heavy (non-hydrogen) atoms. The molecular weight excluding hydrogens is 842 g/mol. The minimum Gasteiger partial charge on any atom is -0.511 e. The monoisotopic (exact) mass is 888 g/mol. The van der Waals surface area contributed by atoms with Crippen LogP contribution >= 0.6 is 11.8 Å². The van der Waals surface area contributed by atoms with Crippen molar-refractivity contribution in [2.24, 2.45) is 4.99 Å². The molecule has 0 saturated heterocycles. The third kappa shape index (κ3) is 6.00. The molecule has 0 saturated carbocycles. The first-order chi connectivity index (χ1) is 24.9. The second-order valence-corrected chi connectivity index (χ2v) is 16.8. The van der Waals surface area contributed by atoms with Crippen molar-refractivity contribution in [3.8, 4) is 11.5 Å². The summed E-state index contributed by atoms with van der Waals surface area (Å²) >= 11 is 1.74. The second-order valence-electron chi connectivity index (χ2n) is 15.7. The Morgan fingerprint density at radius 1 is 0.962 bits per heavy atom. The normalized spacial score (nSPS) is 21.5. The number of anilines is 3. The zero-order valence-electron chi connectivity index (χ0n) is 33.4. The molecule has 5 nitrogen and oxygen atoms in total. The summed E-state index contributed by atoms with van der Waals surface area (Å²) in [5.74, 6) is 2.45. The Morgan fingerprint density at radius 3 is 2.48 bits per heavy atom. The molecule has 0 spiro atoms. The minimum atomic E-state index is -1.77. The van der Waals surface area contributed by atoms with Gasteiger partial charge in [0.15, 0.2) is 0 Å². The van der Waals surface area contributed by atoms with Crippen LogP contribution in [0.25, 0.3) is 0 Å². The number of benzene rings is 4. The zero-order valence-corrected chi connectivity index (χ0v) is 34.5. The Morgan fingerprint density at radius 2 is 1.73 bits per heavy atom. The van der Waals surface area contributed by atoms with E-state index in [0.717, 1.165) is 49.9 Å². The third-order valence-corrected chi connectivity index (χ3v) is 11.7. The molecule has 0 amide bonds. The molecule has 0 fully saturated rings. The number of fused-ring (bicyclic) bond motifs is 5. The third-order valence-electron chi connectivity index (χ3n) is 10.6. The Labute approximate surface area is 330 Å². The van der Waals surface area contributed by atoms with Crippen LogP contribution in [-0.4, -0.2) is 16.5 Å². The van der Waals surface area contributed by atoms with Crippen molar-refractivity contribution >= 4 is 34.9 Å². The van der Waals surface area contributed by atoms with Crippen LogP contribution in [-0.2, 0) is 43.1 Å². The number of aryl methyl sites for hydroxylation is 2. The van der Waals surface area contributed by atoms with Crippen molar-refractivity contribution in [1.29, 1.82) is 0 Å². The van der Waals surface area contributed by atoms with Crippen molar-refractivity contribution in [1.82, 2.24) is 4.98 Å². The van der Waals surface area contributed by atoms with E-state index in [0.29, 0.717) is 28.5 Å². The van der Waals surface area contributed by atoms with E-state index < -0.39 is 17.5 Å². The van der Waals surface area contributed by atoms with Crippen molar-refractivity contribution in [2.75, 3.05) is 4.90 Å². The van der Waals surface area contributed by atoms with Crippen LogP contribution < -0.4 is 9.64 Å². The average molecular weight is 889 g/mol. The maximum atomic E-state index is 9.38. The summed E-state index contributed by atoms with van der Waals surface area (Å²) in [7, 11) is 0. The largest absolute Gasteiger partial charge is 2.00 e. The van der Waals surface area contributed by atoms with E-state index in [1.54, 1.807) is 11.8 Å². The Balaban J connectivity index is 0.00000450. The maximum absolute atomic E-state index is 9.38. The summed E-state index contributed by atoms with van der Waals surface area (Å²) in [6, 6.07) is 30.0. The van der Waals surface area contributed by atoms with Crippen molar-refractivity contribution in [2.45, 2.75) is 108 Å². The number of pyridine rings is 1. The number of hydrogen-bond donors (Lipinski definition) is 0. The molecule has 268 valence electrons. The van der Waals surface area contributed by atoms with Crippen LogP contribution in [0, 0.1) is 32.9 Å².